The Kier molecular flexibility index (Phi) is 3.36. The summed E-state index contributed by atoms with van der Waals surface area (Å²) in [6.07, 6.45) is 4.81. The molecule has 2 rings (SSSR count). The fraction of sp³-hybridized carbons (Fsp3) is 0.333. The number of pyridine rings is 1. The van der Waals surface area contributed by atoms with Gasteiger partial charge in [-0.2, -0.15) is 5.10 Å². The Balaban J connectivity index is 2.61. The zero-order chi connectivity index (χ0) is 13.1. The normalized spacial score (nSPS) is 10.6. The average Bonchev–Trinajstić information content (AvgIpc) is 2.81. The molecule has 0 aliphatic carbocycles. The molecule has 0 aliphatic rings. The Morgan fingerprint density at radius 1 is 1.39 bits per heavy atom. The monoisotopic (exact) mass is 244 g/mol. The number of hydrogen-bond acceptors (Lipinski definition) is 4. The number of hydrogen-bond donors (Lipinski definition) is 2. The predicted octanol–water partition coefficient (Wildman–Crippen LogP) is 1.07. The molecule has 0 radical (unpaired) electrons. The molecule has 0 bridgehead atoms. The van der Waals surface area contributed by atoms with Crippen molar-refractivity contribution in [2.24, 2.45) is 5.73 Å². The van der Waals surface area contributed by atoms with Crippen LogP contribution in [0.3, 0.4) is 0 Å². The topological polar surface area (TPSA) is 93.5 Å². The molecule has 0 amide bonds. The highest BCUT2D eigenvalue weighted by molar-refractivity contribution is 5.98. The number of nitrogens with one attached hydrogen (secondary N) is 1. The molecule has 0 aromatic carbocycles. The van der Waals surface area contributed by atoms with E-state index in [9.17, 15) is 0 Å². The van der Waals surface area contributed by atoms with Gasteiger partial charge < -0.3 is 5.73 Å². The van der Waals surface area contributed by atoms with E-state index in [1.54, 1.807) is 23.1 Å². The third-order valence-corrected chi connectivity index (χ3v) is 2.67. The van der Waals surface area contributed by atoms with Gasteiger partial charge in [-0.05, 0) is 6.07 Å². The van der Waals surface area contributed by atoms with Crippen molar-refractivity contribution in [1.82, 2.24) is 19.7 Å². The Bertz CT molecular complexity index is 572. The van der Waals surface area contributed by atoms with Gasteiger partial charge in [-0.3, -0.25) is 10.4 Å². The van der Waals surface area contributed by atoms with E-state index in [0.29, 0.717) is 11.3 Å². The lowest BCUT2D eigenvalue weighted by Crippen LogP contribution is -2.16. The summed E-state index contributed by atoms with van der Waals surface area (Å²) in [5, 5.41) is 12.0. The number of nitrogens with zero attached hydrogens (tertiary/aromatic N) is 4. The van der Waals surface area contributed by atoms with Gasteiger partial charge in [0.05, 0.1) is 11.9 Å². The molecule has 0 aliphatic heterocycles. The van der Waals surface area contributed by atoms with Crippen LogP contribution in [0, 0.1) is 5.41 Å². The summed E-state index contributed by atoms with van der Waals surface area (Å²) >= 11 is 0. The van der Waals surface area contributed by atoms with Crippen LogP contribution < -0.4 is 5.73 Å². The lowest BCUT2D eigenvalue weighted by molar-refractivity contribution is 0.785. The first kappa shape index (κ1) is 12.2. The number of aromatic nitrogens is 4. The van der Waals surface area contributed by atoms with Crippen LogP contribution in [0.5, 0.6) is 0 Å². The molecular formula is C12H16N6. The molecule has 18 heavy (non-hydrogen) atoms. The molecule has 2 aromatic rings. The molecular weight excluding hydrogens is 228 g/mol. The van der Waals surface area contributed by atoms with Crippen LogP contribution in [0.4, 0.5) is 0 Å². The maximum Gasteiger partial charge on any atom is 0.151 e. The second-order valence-electron chi connectivity index (χ2n) is 3.87. The quantitative estimate of drug-likeness (QED) is 0.621. The largest absolute Gasteiger partial charge is 0.384 e. The summed E-state index contributed by atoms with van der Waals surface area (Å²) in [5.74, 6) is 1.63. The third kappa shape index (κ3) is 2.09. The van der Waals surface area contributed by atoms with E-state index in [4.69, 9.17) is 11.1 Å². The lowest BCUT2D eigenvalue weighted by atomic mass is 10.2. The van der Waals surface area contributed by atoms with E-state index in [1.807, 2.05) is 13.8 Å². The fourth-order valence-electron chi connectivity index (χ4n) is 1.75. The first-order valence-corrected chi connectivity index (χ1v) is 5.91. The number of amidine groups is 1. The summed E-state index contributed by atoms with van der Waals surface area (Å²) in [4.78, 5) is 8.51. The first-order valence-electron chi connectivity index (χ1n) is 5.91. The highest BCUT2D eigenvalue weighted by Crippen LogP contribution is 2.14. The van der Waals surface area contributed by atoms with E-state index in [2.05, 4.69) is 15.1 Å². The first-order chi connectivity index (χ1) is 8.67. The Labute approximate surface area is 105 Å². The molecule has 0 saturated heterocycles. The summed E-state index contributed by atoms with van der Waals surface area (Å²) in [6, 6.07) is 1.71. The van der Waals surface area contributed by atoms with Crippen molar-refractivity contribution < 1.29 is 0 Å². The number of nitrogen functional groups attached to an aromatic ring is 1. The molecule has 94 valence electrons. The van der Waals surface area contributed by atoms with Crippen molar-refractivity contribution in [2.75, 3.05) is 0 Å². The van der Waals surface area contributed by atoms with Crippen LogP contribution >= 0.6 is 0 Å². The Morgan fingerprint density at radius 2 is 2.17 bits per heavy atom. The summed E-state index contributed by atoms with van der Waals surface area (Å²) in [6.45, 7) is 4.03. The van der Waals surface area contributed by atoms with Crippen LogP contribution in [0.2, 0.25) is 0 Å². The minimum atomic E-state index is 0.00278. The second kappa shape index (κ2) is 4.95. The van der Waals surface area contributed by atoms with Crippen molar-refractivity contribution in [3.05, 3.63) is 35.7 Å². The SMILES string of the molecule is CCc1nc(CC)n(-c2cnccc2C(=N)N)n1. The molecule has 3 N–H and O–H groups in total. The third-order valence-electron chi connectivity index (χ3n) is 2.67. The van der Waals surface area contributed by atoms with Crippen molar-refractivity contribution in [3.8, 4) is 5.69 Å². The van der Waals surface area contributed by atoms with E-state index < -0.39 is 0 Å². The van der Waals surface area contributed by atoms with Crippen molar-refractivity contribution in [3.63, 3.8) is 0 Å². The average molecular weight is 244 g/mol. The number of aryl methyl sites for hydroxylation is 2. The van der Waals surface area contributed by atoms with Gasteiger partial charge in [0.25, 0.3) is 0 Å². The van der Waals surface area contributed by atoms with E-state index in [1.165, 1.54) is 0 Å². The van der Waals surface area contributed by atoms with Gasteiger partial charge in [-0.1, -0.05) is 13.8 Å². The predicted molar refractivity (Wildman–Crippen MR) is 68.9 cm³/mol. The smallest absolute Gasteiger partial charge is 0.151 e. The van der Waals surface area contributed by atoms with Crippen LogP contribution in [0.25, 0.3) is 5.69 Å². The second-order valence-corrected chi connectivity index (χ2v) is 3.87. The zero-order valence-electron chi connectivity index (χ0n) is 10.5. The van der Waals surface area contributed by atoms with Crippen LogP contribution in [0.1, 0.15) is 31.1 Å². The number of rotatable bonds is 4. The fourth-order valence-corrected chi connectivity index (χ4v) is 1.75. The minimum absolute atomic E-state index is 0.00278. The van der Waals surface area contributed by atoms with E-state index in [0.717, 1.165) is 24.5 Å². The number of nitrogens with two attached hydrogens (primary N) is 1. The van der Waals surface area contributed by atoms with Crippen molar-refractivity contribution in [2.45, 2.75) is 26.7 Å². The molecule has 6 nitrogen and oxygen atoms in total. The molecule has 0 unspecified atom stereocenters. The van der Waals surface area contributed by atoms with E-state index >= 15 is 0 Å². The van der Waals surface area contributed by atoms with E-state index in [-0.39, 0.29) is 5.84 Å². The maximum absolute atomic E-state index is 7.59. The van der Waals surface area contributed by atoms with Gasteiger partial charge in [0.2, 0.25) is 0 Å². The van der Waals surface area contributed by atoms with Crippen LogP contribution in [-0.4, -0.2) is 25.6 Å². The summed E-state index contributed by atoms with van der Waals surface area (Å²) in [7, 11) is 0. The highest BCUT2D eigenvalue weighted by Gasteiger charge is 2.13. The molecule has 6 heteroatoms. The van der Waals surface area contributed by atoms with Gasteiger partial charge >= 0.3 is 0 Å². The molecule has 2 aromatic heterocycles. The Morgan fingerprint density at radius 3 is 2.78 bits per heavy atom. The van der Waals surface area contributed by atoms with Crippen LogP contribution in [0.15, 0.2) is 18.5 Å². The van der Waals surface area contributed by atoms with Gasteiger partial charge in [-0.25, -0.2) is 9.67 Å². The Hall–Kier alpha value is -2.24. The van der Waals surface area contributed by atoms with Gasteiger partial charge in [0, 0.05) is 24.6 Å². The van der Waals surface area contributed by atoms with Gasteiger partial charge in [-0.15, -0.1) is 0 Å². The maximum atomic E-state index is 7.59. The van der Waals surface area contributed by atoms with Crippen molar-refractivity contribution in [1.29, 1.82) is 5.41 Å². The van der Waals surface area contributed by atoms with Crippen molar-refractivity contribution >= 4 is 5.84 Å². The molecule has 2 heterocycles. The highest BCUT2D eigenvalue weighted by atomic mass is 15.4. The zero-order valence-corrected chi connectivity index (χ0v) is 10.5. The lowest BCUT2D eigenvalue weighted by Gasteiger charge is -2.08. The van der Waals surface area contributed by atoms with Gasteiger partial charge in [0.15, 0.2) is 5.82 Å². The molecule has 0 atom stereocenters. The van der Waals surface area contributed by atoms with Crippen LogP contribution in [-0.2, 0) is 12.8 Å². The standard InChI is InChI=1S/C12H16N6/c1-3-10-16-11(4-2)18(17-10)9-7-15-6-5-8(9)12(13)14/h5-7H,3-4H2,1-2H3,(H3,13,14). The summed E-state index contributed by atoms with van der Waals surface area (Å²) in [5.41, 5.74) is 6.90. The molecule has 0 saturated carbocycles. The minimum Gasteiger partial charge on any atom is -0.384 e. The molecule has 0 spiro atoms. The van der Waals surface area contributed by atoms with Gasteiger partial charge in [0.1, 0.15) is 11.7 Å². The molecule has 0 fully saturated rings. The summed E-state index contributed by atoms with van der Waals surface area (Å²) < 4.78 is 1.72.